The van der Waals surface area contributed by atoms with E-state index >= 15 is 0 Å². The van der Waals surface area contributed by atoms with Gasteiger partial charge in [-0.2, -0.15) is 0 Å². The van der Waals surface area contributed by atoms with Gasteiger partial charge in [0.05, 0.1) is 24.6 Å². The highest BCUT2D eigenvalue weighted by Gasteiger charge is 2.18. The number of thioether (sulfide) groups is 1. The number of halogens is 1. The lowest BCUT2D eigenvalue weighted by molar-refractivity contribution is -0.119. The number of benzene rings is 2. The van der Waals surface area contributed by atoms with Gasteiger partial charge < -0.3 is 9.73 Å². The van der Waals surface area contributed by atoms with Crippen LogP contribution >= 0.6 is 23.4 Å². The average Bonchev–Trinajstić information content (AvgIpc) is 3.43. The smallest absolute Gasteiger partial charge is 0.230 e. The van der Waals surface area contributed by atoms with Crippen molar-refractivity contribution in [1.29, 1.82) is 0 Å². The number of aromatic nitrogens is 3. The molecule has 2 aromatic heterocycles. The largest absolute Gasteiger partial charge is 0.461 e. The van der Waals surface area contributed by atoms with E-state index in [0.29, 0.717) is 28.3 Å². The molecule has 0 fully saturated rings. The third kappa shape index (κ3) is 5.37. The van der Waals surface area contributed by atoms with Crippen LogP contribution in [0.25, 0.3) is 11.6 Å². The summed E-state index contributed by atoms with van der Waals surface area (Å²) in [6.45, 7) is 2.51. The van der Waals surface area contributed by atoms with Gasteiger partial charge in [0.1, 0.15) is 0 Å². The van der Waals surface area contributed by atoms with Crippen molar-refractivity contribution in [1.82, 2.24) is 20.1 Å². The summed E-state index contributed by atoms with van der Waals surface area (Å²) in [5, 5.41) is 12.9. The fourth-order valence-electron chi connectivity index (χ4n) is 3.16. The number of carbonyl (C=O) groups is 1. The van der Waals surface area contributed by atoms with Gasteiger partial charge in [0.15, 0.2) is 10.9 Å². The molecule has 0 saturated heterocycles. The molecule has 0 radical (unpaired) electrons. The van der Waals surface area contributed by atoms with E-state index < -0.39 is 0 Å². The summed E-state index contributed by atoms with van der Waals surface area (Å²) < 4.78 is 7.49. The monoisotopic (exact) mass is 452 g/mol. The van der Waals surface area contributed by atoms with Crippen molar-refractivity contribution < 1.29 is 9.21 Å². The Balaban J connectivity index is 1.47. The van der Waals surface area contributed by atoms with Gasteiger partial charge in [-0.3, -0.25) is 9.36 Å². The summed E-state index contributed by atoms with van der Waals surface area (Å²) in [6.07, 6.45) is 1.61. The van der Waals surface area contributed by atoms with Crippen molar-refractivity contribution in [3.8, 4) is 11.6 Å². The van der Waals surface area contributed by atoms with Crippen LogP contribution in [-0.2, 0) is 11.3 Å². The zero-order valence-corrected chi connectivity index (χ0v) is 18.4. The molecular formula is C23H21ClN4O2S. The molecule has 8 heteroatoms. The second-order valence-corrected chi connectivity index (χ2v) is 8.37. The molecule has 1 amide bonds. The molecule has 0 saturated carbocycles. The first-order valence-electron chi connectivity index (χ1n) is 9.79. The third-order valence-corrected chi connectivity index (χ3v) is 5.90. The molecule has 0 bridgehead atoms. The van der Waals surface area contributed by atoms with E-state index in [1.54, 1.807) is 6.26 Å². The summed E-state index contributed by atoms with van der Waals surface area (Å²) in [6, 6.07) is 21.0. The standard InChI is InChI=1S/C23H21ClN4O2S/c1-16(18-9-5-10-19(24)13-18)25-21(29)15-31-23-27-26-22(20-11-6-12-30-20)28(23)14-17-7-3-2-4-8-17/h2-13,16H,14-15H2,1H3,(H,25,29). The molecule has 1 atom stereocenters. The third-order valence-electron chi connectivity index (χ3n) is 4.70. The van der Waals surface area contributed by atoms with E-state index in [9.17, 15) is 4.79 Å². The minimum Gasteiger partial charge on any atom is -0.461 e. The highest BCUT2D eigenvalue weighted by atomic mass is 35.5. The normalized spacial score (nSPS) is 11.9. The second-order valence-electron chi connectivity index (χ2n) is 6.99. The molecule has 4 aromatic rings. The maximum absolute atomic E-state index is 12.5. The summed E-state index contributed by atoms with van der Waals surface area (Å²) in [4.78, 5) is 12.5. The van der Waals surface area contributed by atoms with Gasteiger partial charge in [-0.1, -0.05) is 65.8 Å². The molecule has 31 heavy (non-hydrogen) atoms. The Kier molecular flexibility index (Phi) is 6.74. The minimum atomic E-state index is -0.146. The maximum Gasteiger partial charge on any atom is 0.230 e. The number of nitrogens with one attached hydrogen (secondary N) is 1. The van der Waals surface area contributed by atoms with Crippen molar-refractivity contribution in [3.63, 3.8) is 0 Å². The molecule has 2 heterocycles. The zero-order chi connectivity index (χ0) is 21.6. The van der Waals surface area contributed by atoms with Crippen molar-refractivity contribution in [2.75, 3.05) is 5.75 Å². The molecule has 0 spiro atoms. The summed E-state index contributed by atoms with van der Waals surface area (Å²) in [5.74, 6) is 1.39. The number of hydrogen-bond donors (Lipinski definition) is 1. The predicted molar refractivity (Wildman–Crippen MR) is 122 cm³/mol. The number of furan rings is 1. The Hall–Kier alpha value is -3.03. The Morgan fingerprint density at radius 1 is 1.13 bits per heavy atom. The highest BCUT2D eigenvalue weighted by molar-refractivity contribution is 7.99. The minimum absolute atomic E-state index is 0.0914. The van der Waals surface area contributed by atoms with Crippen LogP contribution in [0.1, 0.15) is 24.1 Å². The topological polar surface area (TPSA) is 73.0 Å². The van der Waals surface area contributed by atoms with Crippen LogP contribution in [0.2, 0.25) is 5.02 Å². The van der Waals surface area contributed by atoms with Crippen LogP contribution in [0.15, 0.2) is 82.6 Å². The van der Waals surface area contributed by atoms with Gasteiger partial charge >= 0.3 is 0 Å². The summed E-state index contributed by atoms with van der Waals surface area (Å²) in [5.41, 5.74) is 2.06. The lowest BCUT2D eigenvalue weighted by Crippen LogP contribution is -2.28. The highest BCUT2D eigenvalue weighted by Crippen LogP contribution is 2.26. The van der Waals surface area contributed by atoms with Crippen molar-refractivity contribution in [2.45, 2.75) is 24.7 Å². The second kappa shape index (κ2) is 9.85. The number of carbonyl (C=O) groups excluding carboxylic acids is 1. The van der Waals surface area contributed by atoms with Crippen molar-refractivity contribution in [3.05, 3.63) is 89.1 Å². The van der Waals surface area contributed by atoms with E-state index in [1.165, 1.54) is 11.8 Å². The van der Waals surface area contributed by atoms with Crippen LogP contribution in [0.4, 0.5) is 0 Å². The molecule has 0 aliphatic heterocycles. The van der Waals surface area contributed by atoms with Crippen LogP contribution in [0.5, 0.6) is 0 Å². The summed E-state index contributed by atoms with van der Waals surface area (Å²) >= 11 is 7.40. The van der Waals surface area contributed by atoms with Crippen LogP contribution in [0, 0.1) is 0 Å². The van der Waals surface area contributed by atoms with Gasteiger partial charge in [0.2, 0.25) is 11.7 Å². The first-order valence-corrected chi connectivity index (χ1v) is 11.1. The molecule has 2 aromatic carbocycles. The van der Waals surface area contributed by atoms with Gasteiger partial charge in [0.25, 0.3) is 0 Å². The Morgan fingerprint density at radius 3 is 2.71 bits per heavy atom. The summed E-state index contributed by atoms with van der Waals surface area (Å²) in [7, 11) is 0. The van der Waals surface area contributed by atoms with E-state index in [1.807, 2.05) is 78.2 Å². The van der Waals surface area contributed by atoms with Gasteiger partial charge in [0, 0.05) is 5.02 Å². The quantitative estimate of drug-likeness (QED) is 0.371. The zero-order valence-electron chi connectivity index (χ0n) is 16.9. The van der Waals surface area contributed by atoms with Crippen LogP contribution < -0.4 is 5.32 Å². The lowest BCUT2D eigenvalue weighted by Gasteiger charge is -2.14. The van der Waals surface area contributed by atoms with E-state index in [-0.39, 0.29) is 17.7 Å². The van der Waals surface area contributed by atoms with Gasteiger partial charge in [-0.25, -0.2) is 0 Å². The number of nitrogens with zero attached hydrogens (tertiary/aromatic N) is 3. The molecular weight excluding hydrogens is 432 g/mol. The van der Waals surface area contributed by atoms with E-state index in [2.05, 4.69) is 15.5 Å². The molecule has 0 aliphatic rings. The number of amides is 1. The van der Waals surface area contributed by atoms with Crippen molar-refractivity contribution in [2.24, 2.45) is 0 Å². The molecule has 158 valence electrons. The number of rotatable bonds is 8. The molecule has 1 unspecified atom stereocenters. The average molecular weight is 453 g/mol. The van der Waals surface area contributed by atoms with Crippen LogP contribution in [0.3, 0.4) is 0 Å². The van der Waals surface area contributed by atoms with Crippen LogP contribution in [-0.4, -0.2) is 26.4 Å². The molecule has 0 aliphatic carbocycles. The first-order chi connectivity index (χ1) is 15.1. The van der Waals surface area contributed by atoms with Gasteiger partial charge in [-0.15, -0.1) is 10.2 Å². The first kappa shape index (κ1) is 21.2. The molecule has 6 nitrogen and oxygen atoms in total. The van der Waals surface area contributed by atoms with E-state index in [4.69, 9.17) is 16.0 Å². The van der Waals surface area contributed by atoms with E-state index in [0.717, 1.165) is 11.1 Å². The predicted octanol–water partition coefficient (Wildman–Crippen LogP) is 5.21. The van der Waals surface area contributed by atoms with Gasteiger partial charge in [-0.05, 0) is 42.3 Å². The Bertz CT molecular complexity index is 1150. The maximum atomic E-state index is 12.5. The number of hydrogen-bond acceptors (Lipinski definition) is 5. The molecule has 4 rings (SSSR count). The molecule has 1 N–H and O–H groups in total. The van der Waals surface area contributed by atoms with Crippen molar-refractivity contribution >= 4 is 29.3 Å². The SMILES string of the molecule is CC(NC(=O)CSc1nnc(-c2ccco2)n1Cc1ccccc1)c1cccc(Cl)c1. The fraction of sp³-hybridized carbons (Fsp3) is 0.174. The Labute approximate surface area is 189 Å². The lowest BCUT2D eigenvalue weighted by atomic mass is 10.1. The Morgan fingerprint density at radius 2 is 1.97 bits per heavy atom. The fourth-order valence-corrected chi connectivity index (χ4v) is 4.11.